The molecule has 5 atom stereocenters. The average Bonchev–Trinajstić information content (AvgIpc) is 3.42. The molecular formula is C22H24O8S. The Morgan fingerprint density at radius 2 is 1.58 bits per heavy atom. The van der Waals surface area contributed by atoms with Crippen LogP contribution in [-0.2, 0) is 38.0 Å². The summed E-state index contributed by atoms with van der Waals surface area (Å²) in [5.41, 5.74) is 1.78. The molecule has 1 unspecified atom stereocenters. The van der Waals surface area contributed by atoms with Gasteiger partial charge in [-0.05, 0) is 19.1 Å². The van der Waals surface area contributed by atoms with E-state index in [-0.39, 0.29) is 11.5 Å². The molecule has 2 aromatic rings. The van der Waals surface area contributed by atoms with E-state index in [4.69, 9.17) is 27.9 Å². The number of rotatable bonds is 5. The zero-order valence-corrected chi connectivity index (χ0v) is 17.8. The van der Waals surface area contributed by atoms with E-state index >= 15 is 0 Å². The summed E-state index contributed by atoms with van der Waals surface area (Å²) in [6.07, 6.45) is -4.27. The largest absolute Gasteiger partial charge is 0.362 e. The van der Waals surface area contributed by atoms with Gasteiger partial charge in [0, 0.05) is 5.56 Å². The van der Waals surface area contributed by atoms with Crippen LogP contribution < -0.4 is 0 Å². The summed E-state index contributed by atoms with van der Waals surface area (Å²) >= 11 is 0. The lowest BCUT2D eigenvalue weighted by molar-refractivity contribution is -0.252. The van der Waals surface area contributed by atoms with Gasteiger partial charge in [-0.1, -0.05) is 48.0 Å². The maximum atomic E-state index is 13.0. The predicted molar refractivity (Wildman–Crippen MR) is 108 cm³/mol. The Bertz CT molecular complexity index is 988. The summed E-state index contributed by atoms with van der Waals surface area (Å²) in [6.45, 7) is 2.93. The lowest BCUT2D eigenvalue weighted by Crippen LogP contribution is -2.46. The highest BCUT2D eigenvalue weighted by atomic mass is 32.2. The van der Waals surface area contributed by atoms with Crippen molar-refractivity contribution < 1.29 is 36.3 Å². The monoisotopic (exact) mass is 448 g/mol. The maximum absolute atomic E-state index is 13.0. The number of hydrogen-bond acceptors (Lipinski definition) is 8. The highest BCUT2D eigenvalue weighted by Gasteiger charge is 2.55. The van der Waals surface area contributed by atoms with Crippen LogP contribution in [0, 0.1) is 6.92 Å². The maximum Gasteiger partial charge on any atom is 0.297 e. The number of aryl methyl sites for hydroxylation is 1. The van der Waals surface area contributed by atoms with Gasteiger partial charge in [-0.2, -0.15) is 8.42 Å². The van der Waals surface area contributed by atoms with Crippen molar-refractivity contribution in [1.82, 2.24) is 0 Å². The second-order valence-corrected chi connectivity index (χ2v) is 9.33. The van der Waals surface area contributed by atoms with Crippen molar-refractivity contribution >= 4 is 10.1 Å². The molecule has 0 bridgehead atoms. The fourth-order valence-electron chi connectivity index (χ4n) is 4.01. The second kappa shape index (κ2) is 8.59. The molecule has 3 aliphatic rings. The van der Waals surface area contributed by atoms with Crippen LogP contribution in [0.25, 0.3) is 0 Å². The Hall–Kier alpha value is -1.85. The van der Waals surface area contributed by atoms with E-state index in [1.807, 2.05) is 37.3 Å². The molecule has 8 nitrogen and oxygen atoms in total. The van der Waals surface area contributed by atoms with Crippen molar-refractivity contribution in [2.75, 3.05) is 19.8 Å². The lowest BCUT2D eigenvalue weighted by atomic mass is 10.1. The first-order chi connectivity index (χ1) is 15.0. The van der Waals surface area contributed by atoms with Crippen LogP contribution in [0.1, 0.15) is 17.4 Å². The quantitative estimate of drug-likeness (QED) is 0.644. The third kappa shape index (κ3) is 4.27. The molecule has 2 aromatic carbocycles. The van der Waals surface area contributed by atoms with Crippen molar-refractivity contribution in [2.45, 2.75) is 48.8 Å². The molecule has 31 heavy (non-hydrogen) atoms. The number of ether oxygens (including phenoxy) is 5. The van der Waals surface area contributed by atoms with E-state index in [1.165, 1.54) is 12.1 Å². The van der Waals surface area contributed by atoms with Gasteiger partial charge < -0.3 is 23.7 Å². The van der Waals surface area contributed by atoms with Crippen LogP contribution in [-0.4, -0.2) is 58.9 Å². The van der Waals surface area contributed by atoms with Crippen LogP contribution in [0.15, 0.2) is 59.5 Å². The summed E-state index contributed by atoms with van der Waals surface area (Å²) in [5.74, 6) is 0. The molecular weight excluding hydrogens is 424 g/mol. The van der Waals surface area contributed by atoms with Crippen LogP contribution in [0.4, 0.5) is 0 Å². The molecule has 166 valence electrons. The van der Waals surface area contributed by atoms with E-state index < -0.39 is 47.1 Å². The minimum Gasteiger partial charge on any atom is -0.362 e. The topological polar surface area (TPSA) is 89.5 Å². The van der Waals surface area contributed by atoms with Gasteiger partial charge >= 0.3 is 0 Å². The summed E-state index contributed by atoms with van der Waals surface area (Å²) in [6, 6.07) is 15.9. The zero-order chi connectivity index (χ0) is 21.4. The van der Waals surface area contributed by atoms with Gasteiger partial charge in [0.25, 0.3) is 10.1 Å². The van der Waals surface area contributed by atoms with Gasteiger partial charge in [-0.3, -0.25) is 4.18 Å². The first-order valence-corrected chi connectivity index (χ1v) is 11.6. The van der Waals surface area contributed by atoms with E-state index in [1.54, 1.807) is 12.1 Å². The minimum absolute atomic E-state index is 0.0697. The van der Waals surface area contributed by atoms with Crippen molar-refractivity contribution in [3.63, 3.8) is 0 Å². The molecule has 3 aliphatic heterocycles. The molecule has 3 saturated heterocycles. The van der Waals surface area contributed by atoms with Gasteiger partial charge in [-0.25, -0.2) is 0 Å². The molecule has 3 fully saturated rings. The van der Waals surface area contributed by atoms with Crippen LogP contribution in [0.3, 0.4) is 0 Å². The Morgan fingerprint density at radius 1 is 0.871 bits per heavy atom. The SMILES string of the molecule is Cc1ccc(S(=O)(=O)O[C@H]2[C@@H]3OC(c4ccccc4)OC[C@@H]3O[C@H]2C2OCCO2)cc1. The fourth-order valence-corrected chi connectivity index (χ4v) is 5.10. The van der Waals surface area contributed by atoms with Crippen LogP contribution in [0.5, 0.6) is 0 Å². The van der Waals surface area contributed by atoms with Crippen molar-refractivity contribution in [1.29, 1.82) is 0 Å². The van der Waals surface area contributed by atoms with E-state index in [9.17, 15) is 8.42 Å². The van der Waals surface area contributed by atoms with Crippen molar-refractivity contribution in [3.05, 3.63) is 65.7 Å². The Kier molecular flexibility index (Phi) is 5.82. The number of benzene rings is 2. The zero-order valence-electron chi connectivity index (χ0n) is 17.0. The molecule has 0 aromatic heterocycles. The van der Waals surface area contributed by atoms with Crippen molar-refractivity contribution in [2.24, 2.45) is 0 Å². The number of fused-ring (bicyclic) bond motifs is 1. The predicted octanol–water partition coefficient (Wildman–Crippen LogP) is 2.32. The third-order valence-electron chi connectivity index (χ3n) is 5.57. The third-order valence-corrected chi connectivity index (χ3v) is 6.90. The van der Waals surface area contributed by atoms with Crippen molar-refractivity contribution in [3.8, 4) is 0 Å². The summed E-state index contributed by atoms with van der Waals surface area (Å²) in [4.78, 5) is 0.0697. The van der Waals surface area contributed by atoms with Gasteiger partial charge in [-0.15, -0.1) is 0 Å². The van der Waals surface area contributed by atoms with Gasteiger partial charge in [0.1, 0.15) is 24.4 Å². The average molecular weight is 448 g/mol. The summed E-state index contributed by atoms with van der Waals surface area (Å²) in [5, 5.41) is 0. The molecule has 0 radical (unpaired) electrons. The molecule has 3 heterocycles. The Labute approximate surface area is 181 Å². The first-order valence-electron chi connectivity index (χ1n) is 10.2. The minimum atomic E-state index is -4.07. The highest BCUT2D eigenvalue weighted by Crippen LogP contribution is 2.39. The standard InChI is InChI=1S/C22H24O8S/c1-14-7-9-16(10-8-14)31(23,24)30-19-18-17(28-20(19)22-25-11-12-26-22)13-27-21(29-18)15-5-3-2-4-6-15/h2-10,17-22H,11-13H2,1H3/t17-,18+,19-,20+,21?/m0/s1. The molecule has 0 spiro atoms. The van der Waals surface area contributed by atoms with Gasteiger partial charge in [0.05, 0.1) is 24.7 Å². The van der Waals surface area contributed by atoms with E-state index in [2.05, 4.69) is 0 Å². The fraction of sp³-hybridized carbons (Fsp3) is 0.455. The molecule has 0 saturated carbocycles. The highest BCUT2D eigenvalue weighted by molar-refractivity contribution is 7.86. The second-order valence-electron chi connectivity index (χ2n) is 7.75. The Balaban J connectivity index is 1.42. The normalized spacial score (nSPS) is 31.6. The number of hydrogen-bond donors (Lipinski definition) is 0. The lowest BCUT2D eigenvalue weighted by Gasteiger charge is -2.33. The molecule has 0 amide bonds. The van der Waals surface area contributed by atoms with Gasteiger partial charge in [0.2, 0.25) is 0 Å². The molecule has 0 N–H and O–H groups in total. The molecule has 0 aliphatic carbocycles. The van der Waals surface area contributed by atoms with Crippen LogP contribution >= 0.6 is 0 Å². The molecule has 9 heteroatoms. The van der Waals surface area contributed by atoms with Crippen LogP contribution in [0.2, 0.25) is 0 Å². The van der Waals surface area contributed by atoms with E-state index in [0.717, 1.165) is 11.1 Å². The first kappa shape index (κ1) is 21.0. The Morgan fingerprint density at radius 3 is 2.29 bits per heavy atom. The van der Waals surface area contributed by atoms with Gasteiger partial charge in [0.15, 0.2) is 12.6 Å². The smallest absolute Gasteiger partial charge is 0.297 e. The van der Waals surface area contributed by atoms with E-state index in [0.29, 0.717) is 13.2 Å². The summed E-state index contributed by atoms with van der Waals surface area (Å²) < 4.78 is 61.0. The molecule has 5 rings (SSSR count). The summed E-state index contributed by atoms with van der Waals surface area (Å²) in [7, 11) is -4.07.